The number of aromatic hydroxyl groups is 1. The van der Waals surface area contributed by atoms with Gasteiger partial charge in [-0.2, -0.15) is 0 Å². The van der Waals surface area contributed by atoms with E-state index in [1.807, 2.05) is 12.1 Å². The van der Waals surface area contributed by atoms with Gasteiger partial charge in [-0.25, -0.2) is 0 Å². The van der Waals surface area contributed by atoms with E-state index in [0.717, 1.165) is 12.1 Å². The summed E-state index contributed by atoms with van der Waals surface area (Å²) in [4.78, 5) is 0. The summed E-state index contributed by atoms with van der Waals surface area (Å²) in [6.45, 7) is 6.62. The van der Waals surface area contributed by atoms with Crippen molar-refractivity contribution < 1.29 is 5.11 Å². The van der Waals surface area contributed by atoms with Gasteiger partial charge in [0, 0.05) is 17.3 Å². The Hall–Kier alpha value is -1.18. The molecule has 0 spiro atoms. The van der Waals surface area contributed by atoms with E-state index in [0.29, 0.717) is 11.7 Å². The van der Waals surface area contributed by atoms with E-state index in [9.17, 15) is 5.11 Å². The van der Waals surface area contributed by atoms with E-state index in [1.165, 1.54) is 5.56 Å². The molecular formula is C12H17NO. The van der Waals surface area contributed by atoms with Crippen molar-refractivity contribution in [3.05, 3.63) is 23.8 Å². The van der Waals surface area contributed by atoms with Crippen LogP contribution in [0.2, 0.25) is 0 Å². The Balaban J connectivity index is 2.46. The lowest BCUT2D eigenvalue weighted by atomic mass is 9.82. The monoisotopic (exact) mass is 191 g/mol. The van der Waals surface area contributed by atoms with Gasteiger partial charge in [-0.1, -0.05) is 13.0 Å². The first-order valence-corrected chi connectivity index (χ1v) is 5.09. The van der Waals surface area contributed by atoms with Crippen LogP contribution in [0.25, 0.3) is 0 Å². The molecule has 2 rings (SSSR count). The molecule has 0 saturated carbocycles. The zero-order valence-electron chi connectivity index (χ0n) is 8.96. The molecule has 14 heavy (non-hydrogen) atoms. The number of phenols is 1. The number of fused-ring (bicyclic) bond motifs is 1. The van der Waals surface area contributed by atoms with Crippen molar-refractivity contribution in [1.29, 1.82) is 0 Å². The predicted molar refractivity (Wildman–Crippen MR) is 58.8 cm³/mol. The van der Waals surface area contributed by atoms with Gasteiger partial charge < -0.3 is 10.4 Å². The molecule has 0 fully saturated rings. The van der Waals surface area contributed by atoms with Crippen LogP contribution in [0, 0.1) is 0 Å². The lowest BCUT2D eigenvalue weighted by Crippen LogP contribution is -2.36. The maximum Gasteiger partial charge on any atom is 0.117 e. The molecule has 1 aliphatic heterocycles. The molecule has 76 valence electrons. The quantitative estimate of drug-likeness (QED) is 0.660. The molecule has 2 nitrogen and oxygen atoms in total. The molecule has 1 atom stereocenters. The number of rotatable bonds is 0. The first kappa shape index (κ1) is 9.38. The zero-order valence-corrected chi connectivity index (χ0v) is 8.96. The second-order valence-electron chi connectivity index (χ2n) is 4.89. The van der Waals surface area contributed by atoms with Gasteiger partial charge >= 0.3 is 0 Å². The van der Waals surface area contributed by atoms with Crippen LogP contribution in [-0.4, -0.2) is 10.6 Å². The molecule has 0 unspecified atom stereocenters. The highest BCUT2D eigenvalue weighted by Crippen LogP contribution is 2.39. The Labute approximate surface area is 85.0 Å². The molecular weight excluding hydrogens is 174 g/mol. The maximum absolute atomic E-state index is 9.40. The van der Waals surface area contributed by atoms with Crippen molar-refractivity contribution in [2.24, 2.45) is 0 Å². The van der Waals surface area contributed by atoms with E-state index in [4.69, 9.17) is 0 Å². The second kappa shape index (κ2) is 2.91. The van der Waals surface area contributed by atoms with Crippen molar-refractivity contribution in [3.8, 4) is 5.75 Å². The van der Waals surface area contributed by atoms with Gasteiger partial charge in [0.25, 0.3) is 0 Å². The van der Waals surface area contributed by atoms with E-state index in [1.54, 1.807) is 6.07 Å². The summed E-state index contributed by atoms with van der Waals surface area (Å²) >= 11 is 0. The van der Waals surface area contributed by atoms with Crippen LogP contribution < -0.4 is 5.32 Å². The van der Waals surface area contributed by atoms with Crippen molar-refractivity contribution in [2.75, 3.05) is 5.32 Å². The van der Waals surface area contributed by atoms with Gasteiger partial charge in [-0.3, -0.25) is 0 Å². The lowest BCUT2D eigenvalue weighted by Gasteiger charge is -2.37. The van der Waals surface area contributed by atoms with Crippen LogP contribution >= 0.6 is 0 Å². The summed E-state index contributed by atoms with van der Waals surface area (Å²) in [5.41, 5.74) is 2.51. The van der Waals surface area contributed by atoms with Crippen LogP contribution in [0.3, 0.4) is 0 Å². The van der Waals surface area contributed by atoms with Gasteiger partial charge in [0.15, 0.2) is 0 Å². The summed E-state index contributed by atoms with van der Waals surface area (Å²) < 4.78 is 0. The predicted octanol–water partition coefficient (Wildman–Crippen LogP) is 3.09. The molecule has 0 radical (unpaired) electrons. The average molecular weight is 191 g/mol. The van der Waals surface area contributed by atoms with Crippen LogP contribution in [0.4, 0.5) is 5.69 Å². The summed E-state index contributed by atoms with van der Waals surface area (Å²) in [6, 6.07) is 5.58. The standard InChI is InChI=1S/C12H17NO/c1-8-7-12(2,3)13-11-6-9(14)4-5-10(8)11/h4-6,8,13-14H,7H2,1-3H3/t8-/m0/s1. The van der Waals surface area contributed by atoms with Gasteiger partial charge in [-0.15, -0.1) is 0 Å². The summed E-state index contributed by atoms with van der Waals surface area (Å²) in [7, 11) is 0. The Morgan fingerprint density at radius 3 is 2.86 bits per heavy atom. The Kier molecular flexibility index (Phi) is 1.95. The highest BCUT2D eigenvalue weighted by atomic mass is 16.3. The number of anilines is 1. The Bertz CT molecular complexity index is 357. The van der Waals surface area contributed by atoms with E-state index in [-0.39, 0.29) is 5.54 Å². The smallest absolute Gasteiger partial charge is 0.117 e. The topological polar surface area (TPSA) is 32.3 Å². The van der Waals surface area contributed by atoms with Gasteiger partial charge in [-0.05, 0) is 37.8 Å². The molecule has 0 amide bonds. The van der Waals surface area contributed by atoms with Crippen molar-refractivity contribution >= 4 is 5.69 Å². The zero-order chi connectivity index (χ0) is 10.3. The Morgan fingerprint density at radius 1 is 1.43 bits per heavy atom. The molecule has 1 aromatic rings. The highest BCUT2D eigenvalue weighted by Gasteiger charge is 2.28. The number of phenolic OH excluding ortho intramolecular Hbond substituents is 1. The number of benzene rings is 1. The fourth-order valence-corrected chi connectivity index (χ4v) is 2.37. The van der Waals surface area contributed by atoms with Gasteiger partial charge in [0.1, 0.15) is 5.75 Å². The van der Waals surface area contributed by atoms with Crippen molar-refractivity contribution in [3.63, 3.8) is 0 Å². The molecule has 1 aromatic carbocycles. The first-order chi connectivity index (χ1) is 6.48. The molecule has 0 bridgehead atoms. The molecule has 0 aliphatic carbocycles. The second-order valence-corrected chi connectivity index (χ2v) is 4.89. The van der Waals surface area contributed by atoms with E-state index < -0.39 is 0 Å². The number of hydrogen-bond donors (Lipinski definition) is 2. The molecule has 1 heterocycles. The van der Waals surface area contributed by atoms with Gasteiger partial charge in [0.05, 0.1) is 0 Å². The van der Waals surface area contributed by atoms with Crippen LogP contribution in [-0.2, 0) is 0 Å². The summed E-state index contributed by atoms with van der Waals surface area (Å²) in [5, 5.41) is 12.9. The van der Waals surface area contributed by atoms with Crippen molar-refractivity contribution in [1.82, 2.24) is 0 Å². The third kappa shape index (κ3) is 1.57. The summed E-state index contributed by atoms with van der Waals surface area (Å²) in [5.74, 6) is 0.892. The fourth-order valence-electron chi connectivity index (χ4n) is 2.37. The third-order valence-corrected chi connectivity index (χ3v) is 2.86. The molecule has 0 saturated heterocycles. The van der Waals surface area contributed by atoms with Crippen LogP contribution in [0.5, 0.6) is 5.75 Å². The minimum Gasteiger partial charge on any atom is -0.508 e. The minimum absolute atomic E-state index is 0.125. The number of nitrogens with one attached hydrogen (secondary N) is 1. The molecule has 2 heteroatoms. The van der Waals surface area contributed by atoms with Crippen molar-refractivity contribution in [2.45, 2.75) is 38.6 Å². The maximum atomic E-state index is 9.40. The summed E-state index contributed by atoms with van der Waals surface area (Å²) in [6.07, 6.45) is 1.13. The minimum atomic E-state index is 0.125. The molecule has 0 aromatic heterocycles. The largest absolute Gasteiger partial charge is 0.508 e. The van der Waals surface area contributed by atoms with E-state index in [2.05, 4.69) is 26.1 Å². The fraction of sp³-hybridized carbons (Fsp3) is 0.500. The molecule has 2 N–H and O–H groups in total. The lowest BCUT2D eigenvalue weighted by molar-refractivity contribution is 0.448. The van der Waals surface area contributed by atoms with Crippen LogP contribution in [0.1, 0.15) is 38.7 Å². The third-order valence-electron chi connectivity index (χ3n) is 2.86. The number of hydrogen-bond acceptors (Lipinski definition) is 2. The van der Waals surface area contributed by atoms with E-state index >= 15 is 0 Å². The normalized spacial score (nSPS) is 23.8. The highest BCUT2D eigenvalue weighted by molar-refractivity contribution is 5.59. The SMILES string of the molecule is C[C@H]1CC(C)(C)Nc2cc(O)ccc21. The first-order valence-electron chi connectivity index (χ1n) is 5.09. The van der Waals surface area contributed by atoms with Crippen LogP contribution in [0.15, 0.2) is 18.2 Å². The average Bonchev–Trinajstić information content (AvgIpc) is 2.00. The Morgan fingerprint density at radius 2 is 2.14 bits per heavy atom. The molecule has 1 aliphatic rings. The van der Waals surface area contributed by atoms with Gasteiger partial charge in [0.2, 0.25) is 0 Å².